The lowest BCUT2D eigenvalue weighted by Gasteiger charge is -2.20. The molecule has 2 amide bonds. The Balaban J connectivity index is 1.68. The second kappa shape index (κ2) is 8.47. The summed E-state index contributed by atoms with van der Waals surface area (Å²) < 4.78 is 0. The molecule has 6 heteroatoms. The summed E-state index contributed by atoms with van der Waals surface area (Å²) in [4.78, 5) is 30.0. The van der Waals surface area contributed by atoms with Crippen LogP contribution in [0.4, 0.5) is 17.2 Å². The van der Waals surface area contributed by atoms with E-state index >= 15 is 0 Å². The summed E-state index contributed by atoms with van der Waals surface area (Å²) in [5.74, 6) is 0.586. The van der Waals surface area contributed by atoms with Crippen LogP contribution in [0.1, 0.15) is 43.0 Å². The zero-order valence-electron chi connectivity index (χ0n) is 15.0. The highest BCUT2D eigenvalue weighted by Gasteiger charge is 2.17. The summed E-state index contributed by atoms with van der Waals surface area (Å²) in [6.45, 7) is 3.13. The van der Waals surface area contributed by atoms with Crippen LogP contribution in [0.5, 0.6) is 0 Å². The van der Waals surface area contributed by atoms with Gasteiger partial charge in [-0.25, -0.2) is 4.98 Å². The molecule has 26 heavy (non-hydrogen) atoms. The molecule has 0 atom stereocenters. The number of hydrogen-bond donors (Lipinski definition) is 2. The number of hydrogen-bond acceptors (Lipinski definition) is 4. The molecule has 2 aromatic rings. The molecule has 0 unspecified atom stereocenters. The number of carbonyl (C=O) groups excluding carboxylic acids is 2. The maximum Gasteiger partial charge on any atom is 0.254 e. The Morgan fingerprint density at radius 1 is 0.962 bits per heavy atom. The molecule has 1 saturated heterocycles. The number of amides is 2. The Bertz CT molecular complexity index is 766. The number of aromatic nitrogens is 1. The molecule has 1 aliphatic rings. The number of anilines is 3. The predicted octanol–water partition coefficient (Wildman–Crippen LogP) is 3.80. The lowest BCUT2D eigenvalue weighted by atomic mass is 10.2. The maximum atomic E-state index is 12.7. The molecule has 1 aliphatic heterocycles. The van der Waals surface area contributed by atoms with Gasteiger partial charge < -0.3 is 15.5 Å². The first-order valence-electron chi connectivity index (χ1n) is 9.02. The summed E-state index contributed by atoms with van der Waals surface area (Å²) in [6.07, 6.45) is 6.19. The Kier molecular flexibility index (Phi) is 5.84. The smallest absolute Gasteiger partial charge is 0.254 e. The van der Waals surface area contributed by atoms with E-state index in [-0.39, 0.29) is 11.8 Å². The first kappa shape index (κ1) is 17.9. The van der Waals surface area contributed by atoms with Crippen LogP contribution < -0.4 is 10.6 Å². The van der Waals surface area contributed by atoms with Crippen molar-refractivity contribution in [2.24, 2.45) is 0 Å². The molecule has 2 heterocycles. The lowest BCUT2D eigenvalue weighted by Crippen LogP contribution is -2.31. The van der Waals surface area contributed by atoms with Gasteiger partial charge in [0, 0.05) is 43.1 Å². The van der Waals surface area contributed by atoms with Crippen molar-refractivity contribution in [1.82, 2.24) is 9.88 Å². The van der Waals surface area contributed by atoms with Crippen molar-refractivity contribution in [3.05, 3.63) is 48.2 Å². The molecule has 1 aromatic carbocycles. The molecular weight excluding hydrogens is 328 g/mol. The van der Waals surface area contributed by atoms with Crippen LogP contribution >= 0.6 is 0 Å². The van der Waals surface area contributed by atoms with Gasteiger partial charge in [-0.3, -0.25) is 9.59 Å². The monoisotopic (exact) mass is 352 g/mol. The van der Waals surface area contributed by atoms with E-state index in [1.807, 2.05) is 29.2 Å². The molecule has 1 fully saturated rings. The second-order valence-electron chi connectivity index (χ2n) is 6.52. The van der Waals surface area contributed by atoms with Crippen molar-refractivity contribution in [3.8, 4) is 0 Å². The Morgan fingerprint density at radius 3 is 2.27 bits per heavy atom. The van der Waals surface area contributed by atoms with Crippen LogP contribution in [-0.4, -0.2) is 34.8 Å². The molecule has 0 saturated carbocycles. The van der Waals surface area contributed by atoms with Gasteiger partial charge in [0.25, 0.3) is 5.91 Å². The zero-order chi connectivity index (χ0) is 18.4. The average molecular weight is 352 g/mol. The topological polar surface area (TPSA) is 74.3 Å². The number of nitrogens with zero attached hydrogens (tertiary/aromatic N) is 2. The van der Waals surface area contributed by atoms with Crippen LogP contribution in [0, 0.1) is 0 Å². The van der Waals surface area contributed by atoms with Crippen molar-refractivity contribution in [1.29, 1.82) is 0 Å². The Hall–Kier alpha value is -2.89. The molecule has 0 aliphatic carbocycles. The number of rotatable bonds is 4. The normalized spacial score (nSPS) is 14.4. The fraction of sp³-hybridized carbons (Fsp3) is 0.350. The van der Waals surface area contributed by atoms with Gasteiger partial charge in [-0.15, -0.1) is 0 Å². The molecule has 0 bridgehead atoms. The molecule has 3 rings (SSSR count). The van der Waals surface area contributed by atoms with Gasteiger partial charge in [-0.05, 0) is 49.2 Å². The second-order valence-corrected chi connectivity index (χ2v) is 6.52. The fourth-order valence-corrected chi connectivity index (χ4v) is 3.08. The lowest BCUT2D eigenvalue weighted by molar-refractivity contribution is -0.114. The van der Waals surface area contributed by atoms with E-state index in [4.69, 9.17) is 0 Å². The molecule has 136 valence electrons. The van der Waals surface area contributed by atoms with Crippen molar-refractivity contribution < 1.29 is 9.59 Å². The van der Waals surface area contributed by atoms with E-state index in [1.165, 1.54) is 19.8 Å². The standard InChI is InChI=1S/C20H24N4O2/c1-15(25)22-17-6-8-18(9-7-17)23-19-14-16(10-11-21-19)20(26)24-12-4-2-3-5-13-24/h6-11,14H,2-5,12-13H2,1H3,(H,21,23)(H,22,25). The highest BCUT2D eigenvalue weighted by Crippen LogP contribution is 2.19. The van der Waals surface area contributed by atoms with Crippen molar-refractivity contribution in [2.45, 2.75) is 32.6 Å². The number of carbonyl (C=O) groups is 2. The van der Waals surface area contributed by atoms with Gasteiger partial charge >= 0.3 is 0 Å². The van der Waals surface area contributed by atoms with Crippen LogP contribution in [0.25, 0.3) is 0 Å². The zero-order valence-corrected chi connectivity index (χ0v) is 15.0. The fourth-order valence-electron chi connectivity index (χ4n) is 3.08. The first-order chi connectivity index (χ1) is 12.6. The maximum absolute atomic E-state index is 12.7. The number of benzene rings is 1. The van der Waals surface area contributed by atoms with E-state index in [0.717, 1.165) is 37.3 Å². The van der Waals surface area contributed by atoms with Gasteiger partial charge in [0.1, 0.15) is 5.82 Å². The molecule has 6 nitrogen and oxygen atoms in total. The highest BCUT2D eigenvalue weighted by atomic mass is 16.2. The van der Waals surface area contributed by atoms with Crippen molar-refractivity contribution in [2.75, 3.05) is 23.7 Å². The van der Waals surface area contributed by atoms with Crippen LogP contribution in [0.2, 0.25) is 0 Å². The summed E-state index contributed by atoms with van der Waals surface area (Å²) in [6, 6.07) is 10.9. The number of likely N-dealkylation sites (tertiary alicyclic amines) is 1. The van der Waals surface area contributed by atoms with Gasteiger partial charge in [-0.2, -0.15) is 0 Å². The van der Waals surface area contributed by atoms with Crippen molar-refractivity contribution >= 4 is 29.0 Å². The van der Waals surface area contributed by atoms with Gasteiger partial charge in [0.05, 0.1) is 0 Å². The van der Waals surface area contributed by atoms with E-state index in [2.05, 4.69) is 15.6 Å². The van der Waals surface area contributed by atoms with Gasteiger partial charge in [0.2, 0.25) is 5.91 Å². The largest absolute Gasteiger partial charge is 0.340 e. The number of nitrogens with one attached hydrogen (secondary N) is 2. The van der Waals surface area contributed by atoms with E-state index in [1.54, 1.807) is 18.3 Å². The van der Waals surface area contributed by atoms with E-state index in [0.29, 0.717) is 11.4 Å². The van der Waals surface area contributed by atoms with E-state index in [9.17, 15) is 9.59 Å². The summed E-state index contributed by atoms with van der Waals surface area (Å²) in [7, 11) is 0. The quantitative estimate of drug-likeness (QED) is 0.878. The molecule has 2 N–H and O–H groups in total. The molecule has 0 radical (unpaired) electrons. The summed E-state index contributed by atoms with van der Waals surface area (Å²) in [5.41, 5.74) is 2.23. The third-order valence-electron chi connectivity index (χ3n) is 4.38. The van der Waals surface area contributed by atoms with Crippen molar-refractivity contribution in [3.63, 3.8) is 0 Å². The van der Waals surface area contributed by atoms with Gasteiger partial charge in [0.15, 0.2) is 0 Å². The Morgan fingerprint density at radius 2 is 1.62 bits per heavy atom. The molecule has 1 aromatic heterocycles. The molecule has 0 spiro atoms. The SMILES string of the molecule is CC(=O)Nc1ccc(Nc2cc(C(=O)N3CCCCCC3)ccn2)cc1. The van der Waals surface area contributed by atoms with Crippen LogP contribution in [0.3, 0.4) is 0 Å². The highest BCUT2D eigenvalue weighted by molar-refractivity contribution is 5.95. The first-order valence-corrected chi connectivity index (χ1v) is 9.02. The summed E-state index contributed by atoms with van der Waals surface area (Å²) in [5, 5.41) is 5.93. The number of pyridine rings is 1. The third kappa shape index (κ3) is 4.81. The minimum Gasteiger partial charge on any atom is -0.340 e. The van der Waals surface area contributed by atoms with Crippen LogP contribution in [0.15, 0.2) is 42.6 Å². The minimum atomic E-state index is -0.105. The average Bonchev–Trinajstić information content (AvgIpc) is 2.92. The van der Waals surface area contributed by atoms with Crippen LogP contribution in [-0.2, 0) is 4.79 Å². The summed E-state index contributed by atoms with van der Waals surface area (Å²) >= 11 is 0. The predicted molar refractivity (Wildman–Crippen MR) is 103 cm³/mol. The minimum absolute atomic E-state index is 0.0679. The van der Waals surface area contributed by atoms with Gasteiger partial charge in [-0.1, -0.05) is 12.8 Å². The Labute approximate surface area is 153 Å². The van der Waals surface area contributed by atoms with E-state index < -0.39 is 0 Å². The molecular formula is C20H24N4O2. The third-order valence-corrected chi connectivity index (χ3v) is 4.38.